The summed E-state index contributed by atoms with van der Waals surface area (Å²) in [5.41, 5.74) is 0.547. The van der Waals surface area contributed by atoms with Gasteiger partial charge in [0.15, 0.2) is 17.5 Å². The lowest BCUT2D eigenvalue weighted by Crippen LogP contribution is -2.54. The van der Waals surface area contributed by atoms with Crippen molar-refractivity contribution < 1.29 is 40.3 Å². The van der Waals surface area contributed by atoms with Crippen LogP contribution in [0.5, 0.6) is 11.5 Å². The first-order chi connectivity index (χ1) is 30.0. The van der Waals surface area contributed by atoms with Crippen molar-refractivity contribution >= 4 is 55.5 Å². The van der Waals surface area contributed by atoms with Crippen molar-refractivity contribution in [3.05, 3.63) is 82.2 Å². The van der Waals surface area contributed by atoms with Crippen molar-refractivity contribution in [2.75, 3.05) is 42.8 Å². The number of ether oxygens (including phenoxy) is 1. The normalized spacial score (nSPS) is 22.2. The minimum atomic E-state index is -4.11. The zero-order valence-corrected chi connectivity index (χ0v) is 35.7. The Balaban J connectivity index is 0.825. The summed E-state index contributed by atoms with van der Waals surface area (Å²) < 4.78 is 98.9. The van der Waals surface area contributed by atoms with E-state index >= 15 is 13.2 Å². The number of halogens is 4. The van der Waals surface area contributed by atoms with Gasteiger partial charge in [0.2, 0.25) is 11.7 Å². The van der Waals surface area contributed by atoms with Gasteiger partial charge in [-0.2, -0.15) is 17.8 Å². The van der Waals surface area contributed by atoms with Crippen molar-refractivity contribution in [3.8, 4) is 11.5 Å². The molecule has 4 aliphatic rings. The van der Waals surface area contributed by atoms with Gasteiger partial charge in [-0.1, -0.05) is 6.92 Å². The smallest absolute Gasteiger partial charge is 0.329 e. The lowest BCUT2D eigenvalue weighted by molar-refractivity contribution is -0.120. The van der Waals surface area contributed by atoms with Crippen LogP contribution >= 0.6 is 0 Å². The van der Waals surface area contributed by atoms with E-state index in [1.165, 1.54) is 42.5 Å². The summed E-state index contributed by atoms with van der Waals surface area (Å²) in [6.45, 7) is 3.25. The largest absolute Gasteiger partial charge is 0.451 e. The minimum Gasteiger partial charge on any atom is -0.451 e. The number of benzene rings is 3. The molecule has 2 saturated heterocycles. The lowest BCUT2D eigenvalue weighted by Gasteiger charge is -2.54. The van der Waals surface area contributed by atoms with E-state index in [0.29, 0.717) is 47.9 Å². The molecule has 2 aliphatic carbocycles. The zero-order chi connectivity index (χ0) is 44.5. The molecule has 2 aliphatic heterocycles. The molecule has 9 rings (SSSR count). The Morgan fingerprint density at radius 3 is 2.46 bits per heavy atom. The summed E-state index contributed by atoms with van der Waals surface area (Å²) in [6, 6.07) is 8.17. The molecule has 63 heavy (non-hydrogen) atoms. The highest BCUT2D eigenvalue weighted by Gasteiger charge is 2.48. The maximum absolute atomic E-state index is 16.1. The molecule has 3 atom stereocenters. The summed E-state index contributed by atoms with van der Waals surface area (Å²) in [5, 5.41) is 7.36. The van der Waals surface area contributed by atoms with Crippen LogP contribution in [-0.2, 0) is 22.1 Å². The number of imide groups is 1. The van der Waals surface area contributed by atoms with Gasteiger partial charge in [-0.15, -0.1) is 0 Å². The number of amides is 3. The first-order valence-electron chi connectivity index (χ1n) is 21.1. The molecule has 0 bridgehead atoms. The van der Waals surface area contributed by atoms with E-state index in [-0.39, 0.29) is 77.8 Å². The fraction of sp³-hybridized carbons (Fsp3) is 0.465. The summed E-state index contributed by atoms with van der Waals surface area (Å²) in [6.07, 6.45) is 4.96. The predicted octanol–water partition coefficient (Wildman–Crippen LogP) is 6.64. The van der Waals surface area contributed by atoms with Crippen LogP contribution in [-0.4, -0.2) is 94.3 Å². The summed E-state index contributed by atoms with van der Waals surface area (Å²) in [5.74, 6) is -4.13. The zero-order valence-electron chi connectivity index (χ0n) is 34.9. The van der Waals surface area contributed by atoms with Crippen LogP contribution < -0.4 is 25.2 Å². The second-order valence-corrected chi connectivity index (χ2v) is 19.1. The SMILES string of the molecule is CCN(C)S(=O)(=O)Nc1ccc(F)c(Oc2ccc3ncn(C4CC5(CCN(C6CCC(c7cc8c(cc7F)c(N7CCC(=O)NC7=O)nn8C)CC6F)CC5)C4)c(=O)c3c2)c1F. The number of anilines is 2. The van der Waals surface area contributed by atoms with E-state index in [9.17, 15) is 27.2 Å². The summed E-state index contributed by atoms with van der Waals surface area (Å²) in [4.78, 5) is 46.0. The van der Waals surface area contributed by atoms with Gasteiger partial charge in [-0.05, 0) is 117 Å². The van der Waals surface area contributed by atoms with Crippen molar-refractivity contribution in [1.29, 1.82) is 0 Å². The number of alkyl halides is 1. The fourth-order valence-electron chi connectivity index (χ4n) is 9.87. The molecule has 20 heteroatoms. The number of carbonyl (C=O) groups excluding carboxylic acids is 2. The Morgan fingerprint density at radius 2 is 1.75 bits per heavy atom. The van der Waals surface area contributed by atoms with E-state index in [4.69, 9.17) is 4.74 Å². The Labute approximate surface area is 360 Å². The number of piperidine rings is 1. The van der Waals surface area contributed by atoms with Crippen molar-refractivity contribution in [2.45, 2.75) is 82.5 Å². The highest BCUT2D eigenvalue weighted by atomic mass is 32.2. The van der Waals surface area contributed by atoms with Gasteiger partial charge in [0.05, 0.1) is 28.4 Å². The van der Waals surface area contributed by atoms with Crippen molar-refractivity contribution in [3.63, 3.8) is 0 Å². The number of nitrogens with one attached hydrogen (secondary N) is 2. The molecule has 2 saturated carbocycles. The molecule has 2 aromatic heterocycles. The Morgan fingerprint density at radius 1 is 0.984 bits per heavy atom. The number of urea groups is 1. The number of rotatable bonds is 10. The first-order valence-corrected chi connectivity index (χ1v) is 22.5. The third-order valence-electron chi connectivity index (χ3n) is 13.6. The van der Waals surface area contributed by atoms with Crippen LogP contribution in [0.4, 0.5) is 33.9 Å². The average molecular weight is 894 g/mol. The molecule has 4 heterocycles. The number of likely N-dealkylation sites (tertiary alicyclic amines) is 1. The third kappa shape index (κ3) is 7.79. The molecule has 15 nitrogen and oxygen atoms in total. The van der Waals surface area contributed by atoms with Crippen LogP contribution in [0.1, 0.15) is 75.8 Å². The number of fused-ring (bicyclic) bond motifs is 2. The fourth-order valence-corrected chi connectivity index (χ4v) is 10.8. The molecule has 3 aromatic carbocycles. The van der Waals surface area contributed by atoms with E-state index in [1.807, 2.05) is 0 Å². The van der Waals surface area contributed by atoms with Gasteiger partial charge in [0.1, 0.15) is 17.7 Å². The molecule has 3 unspecified atom stereocenters. The number of carbonyl (C=O) groups is 2. The molecule has 3 amide bonds. The average Bonchev–Trinajstić information content (AvgIpc) is 3.56. The predicted molar refractivity (Wildman–Crippen MR) is 226 cm³/mol. The molecule has 5 aromatic rings. The van der Waals surface area contributed by atoms with E-state index in [0.717, 1.165) is 42.1 Å². The van der Waals surface area contributed by atoms with E-state index < -0.39 is 51.3 Å². The monoisotopic (exact) mass is 893 g/mol. The topological polar surface area (TPSA) is 164 Å². The van der Waals surface area contributed by atoms with Gasteiger partial charge in [-0.3, -0.25) is 38.7 Å². The van der Waals surface area contributed by atoms with Gasteiger partial charge in [-0.25, -0.2) is 27.3 Å². The van der Waals surface area contributed by atoms with E-state index in [1.54, 1.807) is 29.3 Å². The Bertz CT molecular complexity index is 2820. The Hall–Kier alpha value is -5.60. The summed E-state index contributed by atoms with van der Waals surface area (Å²) in [7, 11) is -1.10. The minimum absolute atomic E-state index is 0.0119. The number of hydrogen-bond donors (Lipinski definition) is 2. The van der Waals surface area contributed by atoms with Crippen LogP contribution in [0.15, 0.2) is 53.6 Å². The molecular weight excluding hydrogens is 847 g/mol. The molecule has 0 radical (unpaired) electrons. The van der Waals surface area contributed by atoms with Crippen molar-refractivity contribution in [1.82, 2.24) is 33.9 Å². The standard InChI is InChI=1S/C43H47F4N9O6S/c1-4-52(2)63(60,61)51-34-9-7-30(44)39(38(34)47)62-26-6-8-33-28(18-26)41(58)56(23-48-33)25-21-43(22-25)12-15-54(16-13-43)35-10-5-24(17-32(35)46)27-20-36-29(19-31(27)45)40(50-53(36)3)55-14-11-37(57)49-42(55)59/h6-9,18-20,23-25,32,35,51H,4-5,10-17,21-22H2,1-3H3,(H,49,57,59). The number of aryl methyl sites for hydroxylation is 1. The second kappa shape index (κ2) is 16.2. The van der Waals surface area contributed by atoms with Gasteiger partial charge in [0.25, 0.3) is 5.56 Å². The molecule has 4 fully saturated rings. The number of aromatic nitrogens is 4. The molecule has 1 spiro atoms. The van der Waals surface area contributed by atoms with Gasteiger partial charge >= 0.3 is 16.2 Å². The van der Waals surface area contributed by atoms with E-state index in [2.05, 4.69) is 25.0 Å². The molecule has 334 valence electrons. The van der Waals surface area contributed by atoms with Gasteiger partial charge in [0, 0.05) is 51.1 Å². The van der Waals surface area contributed by atoms with Crippen LogP contribution in [0.3, 0.4) is 0 Å². The quantitative estimate of drug-likeness (QED) is 0.146. The molecular formula is C43H47F4N9O6S. The maximum Gasteiger partial charge on any atom is 0.329 e. The Kier molecular flexibility index (Phi) is 11.0. The first kappa shape index (κ1) is 42.7. The highest BCUT2D eigenvalue weighted by molar-refractivity contribution is 7.90. The van der Waals surface area contributed by atoms with Crippen LogP contribution in [0, 0.1) is 22.9 Å². The number of nitrogens with zero attached hydrogens (tertiary/aromatic N) is 7. The van der Waals surface area contributed by atoms with Crippen molar-refractivity contribution in [2.24, 2.45) is 12.5 Å². The lowest BCUT2D eigenvalue weighted by atomic mass is 9.60. The highest BCUT2D eigenvalue weighted by Crippen LogP contribution is 2.55. The van der Waals surface area contributed by atoms with Crippen LogP contribution in [0.2, 0.25) is 0 Å². The summed E-state index contributed by atoms with van der Waals surface area (Å²) >= 11 is 0. The second-order valence-electron chi connectivity index (χ2n) is 17.3. The maximum atomic E-state index is 16.1. The van der Waals surface area contributed by atoms with Crippen LogP contribution in [0.25, 0.3) is 21.8 Å². The third-order valence-corrected chi connectivity index (χ3v) is 15.2. The van der Waals surface area contributed by atoms with Gasteiger partial charge < -0.3 is 4.74 Å². The number of hydrogen-bond acceptors (Lipinski definition) is 9. The molecule has 2 N–H and O–H groups in total.